The highest BCUT2D eigenvalue weighted by Gasteiger charge is 2.51. The van der Waals surface area contributed by atoms with E-state index in [1.165, 1.54) is 10.5 Å². The average Bonchev–Trinajstić information content (AvgIpc) is 3.00. The van der Waals surface area contributed by atoms with Gasteiger partial charge in [-0.3, -0.25) is 4.79 Å². The summed E-state index contributed by atoms with van der Waals surface area (Å²) in [6.07, 6.45) is 0.743. The number of esters is 1. The first kappa shape index (κ1) is 23.2. The lowest BCUT2D eigenvalue weighted by Gasteiger charge is -2.28. The van der Waals surface area contributed by atoms with E-state index in [-0.39, 0.29) is 18.5 Å². The Morgan fingerprint density at radius 3 is 2.12 bits per heavy atom. The van der Waals surface area contributed by atoms with Gasteiger partial charge in [0, 0.05) is 6.54 Å². The third-order valence-electron chi connectivity index (χ3n) is 6.14. The highest BCUT2D eigenvalue weighted by atomic mass is 16.5. The van der Waals surface area contributed by atoms with Crippen molar-refractivity contribution in [1.29, 1.82) is 0 Å². The molecule has 0 radical (unpaired) electrons. The van der Waals surface area contributed by atoms with E-state index in [4.69, 9.17) is 4.74 Å². The number of hydrogen-bond acceptors (Lipinski definition) is 4. The van der Waals surface area contributed by atoms with Gasteiger partial charge in [-0.05, 0) is 68.1 Å². The number of amides is 3. The topological polar surface area (TPSA) is 66.9 Å². The number of urea groups is 1. The van der Waals surface area contributed by atoms with Crippen LogP contribution < -0.4 is 4.90 Å². The van der Waals surface area contributed by atoms with Gasteiger partial charge in [-0.15, -0.1) is 0 Å². The Labute approximate surface area is 199 Å². The van der Waals surface area contributed by atoms with Gasteiger partial charge < -0.3 is 9.64 Å². The van der Waals surface area contributed by atoms with Gasteiger partial charge in [0.05, 0.1) is 17.9 Å². The summed E-state index contributed by atoms with van der Waals surface area (Å²) >= 11 is 0. The highest BCUT2D eigenvalue weighted by molar-refractivity contribution is 6.23. The first-order chi connectivity index (χ1) is 16.3. The van der Waals surface area contributed by atoms with Crippen molar-refractivity contribution in [2.45, 2.75) is 39.3 Å². The summed E-state index contributed by atoms with van der Waals surface area (Å²) in [6.45, 7) is 5.86. The molecule has 6 heteroatoms. The van der Waals surface area contributed by atoms with Gasteiger partial charge in [-0.2, -0.15) is 0 Å². The fourth-order valence-electron chi connectivity index (χ4n) is 4.16. The van der Waals surface area contributed by atoms with Gasteiger partial charge in [-0.25, -0.2) is 14.5 Å². The molecule has 174 valence electrons. The third-order valence-corrected chi connectivity index (χ3v) is 6.14. The molecule has 1 aliphatic rings. The number of hydrogen-bond donors (Lipinski definition) is 0. The van der Waals surface area contributed by atoms with Gasteiger partial charge in [0.2, 0.25) is 0 Å². The highest BCUT2D eigenvalue weighted by Crippen LogP contribution is 2.34. The van der Waals surface area contributed by atoms with Crippen LogP contribution in [0.4, 0.5) is 10.5 Å². The zero-order valence-electron chi connectivity index (χ0n) is 19.7. The molecule has 1 saturated heterocycles. The summed E-state index contributed by atoms with van der Waals surface area (Å²) in [6, 6.07) is 24.1. The minimum Gasteiger partial charge on any atom is -0.462 e. The van der Waals surface area contributed by atoms with Crippen LogP contribution in [-0.2, 0) is 22.5 Å². The molecule has 0 aromatic heterocycles. The second-order valence-electron chi connectivity index (χ2n) is 8.77. The molecule has 0 saturated carbocycles. The summed E-state index contributed by atoms with van der Waals surface area (Å²) < 4.78 is 5.01. The van der Waals surface area contributed by atoms with E-state index in [2.05, 4.69) is 18.2 Å². The fourth-order valence-corrected chi connectivity index (χ4v) is 4.16. The van der Waals surface area contributed by atoms with Crippen LogP contribution in [-0.4, -0.2) is 35.0 Å². The quantitative estimate of drug-likeness (QED) is 0.362. The Kier molecular flexibility index (Phi) is 6.50. The minimum atomic E-state index is -1.02. The van der Waals surface area contributed by atoms with Crippen molar-refractivity contribution in [2.75, 3.05) is 11.5 Å². The number of carbonyl (C=O) groups excluding carboxylic acids is 3. The van der Waals surface area contributed by atoms with Gasteiger partial charge in [0.15, 0.2) is 0 Å². The van der Waals surface area contributed by atoms with Gasteiger partial charge in [-0.1, -0.05) is 54.6 Å². The predicted octanol–water partition coefficient (Wildman–Crippen LogP) is 5.20. The van der Waals surface area contributed by atoms with Gasteiger partial charge in [0.25, 0.3) is 5.91 Å². The molecular formula is C28H28N2O4. The molecule has 3 aromatic carbocycles. The molecule has 1 aliphatic heterocycles. The second-order valence-corrected chi connectivity index (χ2v) is 8.77. The maximum atomic E-state index is 13.5. The van der Waals surface area contributed by atoms with Crippen LogP contribution in [0.2, 0.25) is 0 Å². The molecule has 0 atom stereocenters. The summed E-state index contributed by atoms with van der Waals surface area (Å²) in [5.74, 6) is -0.743. The molecule has 6 nitrogen and oxygen atoms in total. The molecule has 3 aromatic rings. The van der Waals surface area contributed by atoms with Crippen LogP contribution >= 0.6 is 0 Å². The van der Waals surface area contributed by atoms with Gasteiger partial charge >= 0.3 is 12.0 Å². The van der Waals surface area contributed by atoms with Crippen molar-refractivity contribution in [3.8, 4) is 0 Å². The van der Waals surface area contributed by atoms with Crippen molar-refractivity contribution in [3.05, 3.63) is 101 Å². The summed E-state index contributed by atoms with van der Waals surface area (Å²) in [5.41, 5.74) is 3.08. The zero-order chi connectivity index (χ0) is 24.3. The van der Waals surface area contributed by atoms with Crippen molar-refractivity contribution in [3.63, 3.8) is 0 Å². The Morgan fingerprint density at radius 1 is 0.853 bits per heavy atom. The number of anilines is 1. The largest absolute Gasteiger partial charge is 0.462 e. The molecule has 1 heterocycles. The van der Waals surface area contributed by atoms with E-state index in [1.54, 1.807) is 49.9 Å². The Balaban J connectivity index is 1.59. The van der Waals surface area contributed by atoms with Crippen molar-refractivity contribution >= 4 is 23.6 Å². The van der Waals surface area contributed by atoms with E-state index in [1.807, 2.05) is 36.4 Å². The Bertz CT molecular complexity index is 1200. The van der Waals surface area contributed by atoms with E-state index in [9.17, 15) is 14.4 Å². The standard InChI is InChI=1S/C28H28N2O4/c1-4-34-25(31)21-14-16-24(17-15-21)30-26(32)28(2,3)29(27(30)33)19-23-13-9-8-12-22(23)18-20-10-6-5-7-11-20/h5-17H,4,18-19H2,1-3H3. The van der Waals surface area contributed by atoms with Crippen LogP contribution in [0, 0.1) is 0 Å². The number of ether oxygens (including phenoxy) is 1. The summed E-state index contributed by atoms with van der Waals surface area (Å²) in [5, 5.41) is 0. The molecule has 0 N–H and O–H groups in total. The fraction of sp³-hybridized carbons (Fsp3) is 0.250. The molecule has 0 aliphatic carbocycles. The Morgan fingerprint density at radius 2 is 1.47 bits per heavy atom. The van der Waals surface area contributed by atoms with E-state index in [0.717, 1.165) is 17.5 Å². The van der Waals surface area contributed by atoms with Crippen LogP contribution in [0.5, 0.6) is 0 Å². The Hall–Kier alpha value is -3.93. The number of nitrogens with zero attached hydrogens (tertiary/aromatic N) is 2. The molecule has 34 heavy (non-hydrogen) atoms. The van der Waals surface area contributed by atoms with Crippen LogP contribution in [0.15, 0.2) is 78.9 Å². The molecular weight excluding hydrogens is 428 g/mol. The molecule has 0 unspecified atom stereocenters. The predicted molar refractivity (Wildman–Crippen MR) is 131 cm³/mol. The molecule has 0 spiro atoms. The number of imide groups is 1. The van der Waals surface area contributed by atoms with E-state index < -0.39 is 11.5 Å². The summed E-state index contributed by atoms with van der Waals surface area (Å²) in [4.78, 5) is 41.5. The van der Waals surface area contributed by atoms with E-state index in [0.29, 0.717) is 17.8 Å². The van der Waals surface area contributed by atoms with Crippen molar-refractivity contribution in [1.82, 2.24) is 4.90 Å². The zero-order valence-corrected chi connectivity index (χ0v) is 19.7. The monoisotopic (exact) mass is 456 g/mol. The molecule has 1 fully saturated rings. The second kappa shape index (κ2) is 9.51. The van der Waals surface area contributed by atoms with Crippen LogP contribution in [0.25, 0.3) is 0 Å². The lowest BCUT2D eigenvalue weighted by atomic mass is 9.97. The average molecular weight is 457 g/mol. The maximum Gasteiger partial charge on any atom is 0.338 e. The SMILES string of the molecule is CCOC(=O)c1ccc(N2C(=O)N(Cc3ccccc3Cc3ccccc3)C(C)(C)C2=O)cc1. The maximum absolute atomic E-state index is 13.5. The first-order valence-corrected chi connectivity index (χ1v) is 11.4. The van der Waals surface area contributed by atoms with Gasteiger partial charge in [0.1, 0.15) is 5.54 Å². The first-order valence-electron chi connectivity index (χ1n) is 11.4. The van der Waals surface area contributed by atoms with Crippen molar-refractivity contribution in [2.24, 2.45) is 0 Å². The lowest BCUT2D eigenvalue weighted by molar-refractivity contribution is -0.123. The minimum absolute atomic E-state index is 0.276. The third kappa shape index (κ3) is 4.44. The number of rotatable bonds is 7. The van der Waals surface area contributed by atoms with Crippen molar-refractivity contribution < 1.29 is 19.1 Å². The molecule has 3 amide bonds. The van der Waals surface area contributed by atoms with E-state index >= 15 is 0 Å². The normalized spacial score (nSPS) is 15.0. The molecule has 0 bridgehead atoms. The van der Waals surface area contributed by atoms with Crippen LogP contribution in [0.1, 0.15) is 47.8 Å². The number of benzene rings is 3. The smallest absolute Gasteiger partial charge is 0.338 e. The molecule has 4 rings (SSSR count). The number of carbonyl (C=O) groups is 3. The lowest BCUT2D eigenvalue weighted by Crippen LogP contribution is -2.43. The van der Waals surface area contributed by atoms with Crippen LogP contribution in [0.3, 0.4) is 0 Å². The summed E-state index contributed by atoms with van der Waals surface area (Å²) in [7, 11) is 0.